The summed E-state index contributed by atoms with van der Waals surface area (Å²) in [5, 5.41) is 12.9. The van der Waals surface area contributed by atoms with Crippen LogP contribution in [0.25, 0.3) is 10.2 Å². The predicted octanol–water partition coefficient (Wildman–Crippen LogP) is -0.253. The predicted molar refractivity (Wildman–Crippen MR) is 98.6 cm³/mol. The lowest BCUT2D eigenvalue weighted by Crippen LogP contribution is -3.16. The first-order valence-corrected chi connectivity index (χ1v) is 10.8. The van der Waals surface area contributed by atoms with Crippen molar-refractivity contribution in [3.05, 3.63) is 10.4 Å². The SMILES string of the molecule is CSc1nc(N2CC[NH+](CC(=O)[O-])CC2)c2c3c(sc2n1)CCCC3. The highest BCUT2D eigenvalue weighted by molar-refractivity contribution is 7.98. The highest BCUT2D eigenvalue weighted by atomic mass is 32.2. The van der Waals surface area contributed by atoms with Gasteiger partial charge in [0.1, 0.15) is 17.2 Å². The molecule has 0 radical (unpaired) electrons. The van der Waals surface area contributed by atoms with E-state index in [0.29, 0.717) is 0 Å². The van der Waals surface area contributed by atoms with Crippen LogP contribution in [-0.4, -0.2) is 54.9 Å². The first-order valence-electron chi connectivity index (χ1n) is 8.80. The van der Waals surface area contributed by atoms with Gasteiger partial charge in [0.2, 0.25) is 0 Å². The van der Waals surface area contributed by atoms with Crippen LogP contribution in [-0.2, 0) is 17.6 Å². The van der Waals surface area contributed by atoms with Gasteiger partial charge in [-0.15, -0.1) is 11.3 Å². The number of aryl methyl sites for hydroxylation is 2. The summed E-state index contributed by atoms with van der Waals surface area (Å²) in [6, 6.07) is 0. The maximum absolute atomic E-state index is 10.8. The van der Waals surface area contributed by atoms with Gasteiger partial charge in [0, 0.05) is 4.88 Å². The van der Waals surface area contributed by atoms with E-state index in [0.717, 1.165) is 59.7 Å². The van der Waals surface area contributed by atoms with E-state index >= 15 is 0 Å². The van der Waals surface area contributed by atoms with Crippen molar-refractivity contribution < 1.29 is 14.8 Å². The first-order chi connectivity index (χ1) is 12.2. The molecule has 1 aliphatic carbocycles. The molecule has 0 aromatic carbocycles. The molecule has 1 fully saturated rings. The minimum atomic E-state index is -0.968. The summed E-state index contributed by atoms with van der Waals surface area (Å²) in [7, 11) is 0. The van der Waals surface area contributed by atoms with E-state index in [-0.39, 0.29) is 6.54 Å². The number of quaternary nitrogens is 1. The molecule has 2 aliphatic rings. The number of hydrogen-bond donors (Lipinski definition) is 1. The first kappa shape index (κ1) is 17.1. The molecule has 0 amide bonds. The Bertz CT molecular complexity index is 800. The molecule has 8 heteroatoms. The van der Waals surface area contributed by atoms with Gasteiger partial charge in [-0.1, -0.05) is 11.8 Å². The van der Waals surface area contributed by atoms with Crippen molar-refractivity contribution in [1.29, 1.82) is 0 Å². The Kier molecular flexibility index (Phi) is 4.84. The fraction of sp³-hybridized carbons (Fsp3) is 0.588. The van der Waals surface area contributed by atoms with Crippen LogP contribution in [0.5, 0.6) is 0 Å². The van der Waals surface area contributed by atoms with Gasteiger partial charge in [0.25, 0.3) is 0 Å². The molecule has 0 bridgehead atoms. The van der Waals surface area contributed by atoms with Gasteiger partial charge in [0.15, 0.2) is 5.16 Å². The van der Waals surface area contributed by atoms with Crippen molar-refractivity contribution in [2.24, 2.45) is 0 Å². The second-order valence-electron chi connectivity index (χ2n) is 6.71. The van der Waals surface area contributed by atoms with Crippen LogP contribution in [0.4, 0.5) is 5.82 Å². The second-order valence-corrected chi connectivity index (χ2v) is 8.57. The van der Waals surface area contributed by atoms with Gasteiger partial charge in [0.05, 0.1) is 37.5 Å². The normalized spacial score (nSPS) is 18.5. The van der Waals surface area contributed by atoms with Gasteiger partial charge in [-0.05, 0) is 37.5 Å². The fourth-order valence-electron chi connectivity index (χ4n) is 3.85. The third-order valence-corrected chi connectivity index (χ3v) is 6.86. The molecule has 0 saturated carbocycles. The number of nitrogens with zero attached hydrogens (tertiary/aromatic N) is 3. The van der Waals surface area contributed by atoms with E-state index in [1.807, 2.05) is 17.6 Å². The van der Waals surface area contributed by atoms with Gasteiger partial charge >= 0.3 is 0 Å². The zero-order valence-corrected chi connectivity index (χ0v) is 16.0. The Labute approximate surface area is 155 Å². The lowest BCUT2D eigenvalue weighted by Gasteiger charge is -2.33. The van der Waals surface area contributed by atoms with Crippen LogP contribution in [0.15, 0.2) is 5.16 Å². The van der Waals surface area contributed by atoms with Gasteiger partial charge in [-0.3, -0.25) is 0 Å². The summed E-state index contributed by atoms with van der Waals surface area (Å²) >= 11 is 3.42. The summed E-state index contributed by atoms with van der Waals surface area (Å²) in [5.41, 5.74) is 1.46. The zero-order valence-electron chi connectivity index (χ0n) is 14.3. The number of carbonyl (C=O) groups excluding carboxylic acids is 1. The smallest absolute Gasteiger partial charge is 0.190 e. The Morgan fingerprint density at radius 2 is 2.04 bits per heavy atom. The van der Waals surface area contributed by atoms with Crippen molar-refractivity contribution >= 4 is 45.1 Å². The maximum Gasteiger partial charge on any atom is 0.190 e. The molecule has 1 N–H and O–H groups in total. The molecule has 0 atom stereocenters. The highest BCUT2D eigenvalue weighted by Gasteiger charge is 2.27. The number of aromatic nitrogens is 2. The molecule has 2 aromatic heterocycles. The molecular weight excluding hydrogens is 356 g/mol. The van der Waals surface area contributed by atoms with Crippen LogP contribution in [0, 0.1) is 0 Å². The van der Waals surface area contributed by atoms with Gasteiger partial charge in [-0.25, -0.2) is 9.97 Å². The summed E-state index contributed by atoms with van der Waals surface area (Å²) in [6.07, 6.45) is 6.81. The van der Waals surface area contributed by atoms with Crippen LogP contribution in [0.1, 0.15) is 23.3 Å². The van der Waals surface area contributed by atoms with Crippen molar-refractivity contribution in [2.45, 2.75) is 30.8 Å². The molecular formula is C17H22N4O2S2. The number of aliphatic carboxylic acids is 1. The average molecular weight is 379 g/mol. The standard InChI is InChI=1S/C17H22N4O2S2/c1-24-17-18-15(21-8-6-20(7-9-21)10-13(22)23)14-11-4-2-3-5-12(11)25-16(14)19-17/h2-10H2,1H3,(H,22,23). The Balaban J connectivity index is 1.69. The van der Waals surface area contributed by atoms with Gasteiger partial charge in [-0.2, -0.15) is 0 Å². The third-order valence-electron chi connectivity index (χ3n) is 5.12. The number of hydrogen-bond acceptors (Lipinski definition) is 7. The molecule has 1 aliphatic heterocycles. The molecule has 2 aromatic rings. The molecule has 3 heterocycles. The van der Waals surface area contributed by atoms with E-state index in [9.17, 15) is 9.90 Å². The number of carboxylic acid groups (broad SMARTS) is 1. The molecule has 1 saturated heterocycles. The number of piperazine rings is 1. The van der Waals surface area contributed by atoms with Crippen molar-refractivity contribution in [3.63, 3.8) is 0 Å². The van der Waals surface area contributed by atoms with Gasteiger partial charge < -0.3 is 19.7 Å². The number of nitrogens with one attached hydrogen (secondary N) is 1. The number of thioether (sulfide) groups is 1. The molecule has 0 spiro atoms. The average Bonchev–Trinajstić information content (AvgIpc) is 2.99. The van der Waals surface area contributed by atoms with Crippen LogP contribution in [0.3, 0.4) is 0 Å². The quantitative estimate of drug-likeness (QED) is 0.584. The highest BCUT2D eigenvalue weighted by Crippen LogP contribution is 2.40. The van der Waals surface area contributed by atoms with E-state index in [4.69, 9.17) is 9.97 Å². The van der Waals surface area contributed by atoms with Crippen LogP contribution >= 0.6 is 23.1 Å². The van der Waals surface area contributed by atoms with E-state index in [2.05, 4.69) is 4.90 Å². The minimum absolute atomic E-state index is 0.0942. The molecule has 134 valence electrons. The topological polar surface area (TPSA) is 73.6 Å². The number of carboxylic acids is 1. The third kappa shape index (κ3) is 3.35. The summed E-state index contributed by atoms with van der Waals surface area (Å²) in [6.45, 7) is 3.36. The van der Waals surface area contributed by atoms with E-state index in [1.165, 1.54) is 28.7 Å². The monoisotopic (exact) mass is 378 g/mol. The number of fused-ring (bicyclic) bond motifs is 3. The number of carbonyl (C=O) groups is 1. The van der Waals surface area contributed by atoms with Crippen LogP contribution in [0.2, 0.25) is 0 Å². The number of anilines is 1. The zero-order chi connectivity index (χ0) is 17.4. The summed E-state index contributed by atoms with van der Waals surface area (Å²) in [5.74, 6) is 0.0886. The van der Waals surface area contributed by atoms with Crippen LogP contribution < -0.4 is 14.9 Å². The Hall–Kier alpha value is -1.38. The lowest BCUT2D eigenvalue weighted by atomic mass is 9.97. The number of rotatable bonds is 4. The largest absolute Gasteiger partial charge is 0.544 e. The number of thiophene rings is 1. The molecule has 0 unspecified atom stereocenters. The fourth-order valence-corrected chi connectivity index (χ4v) is 5.53. The maximum atomic E-state index is 10.8. The Morgan fingerprint density at radius 1 is 1.28 bits per heavy atom. The Morgan fingerprint density at radius 3 is 2.76 bits per heavy atom. The lowest BCUT2D eigenvalue weighted by molar-refractivity contribution is -0.894. The summed E-state index contributed by atoms with van der Waals surface area (Å²) in [4.78, 5) is 26.5. The van der Waals surface area contributed by atoms with Crippen molar-refractivity contribution in [3.8, 4) is 0 Å². The van der Waals surface area contributed by atoms with Crippen molar-refractivity contribution in [2.75, 3.05) is 43.9 Å². The second kappa shape index (κ2) is 7.09. The summed E-state index contributed by atoms with van der Waals surface area (Å²) < 4.78 is 0. The molecule has 6 nitrogen and oxygen atoms in total. The molecule has 25 heavy (non-hydrogen) atoms. The minimum Gasteiger partial charge on any atom is -0.544 e. The molecule has 4 rings (SSSR count). The van der Waals surface area contributed by atoms with Crippen molar-refractivity contribution in [1.82, 2.24) is 9.97 Å². The van der Waals surface area contributed by atoms with E-state index < -0.39 is 5.97 Å². The van der Waals surface area contributed by atoms with E-state index in [1.54, 1.807) is 11.8 Å².